The lowest BCUT2D eigenvalue weighted by atomic mass is 9.76. The van der Waals surface area contributed by atoms with Crippen LogP contribution in [-0.2, 0) is 11.2 Å². The maximum Gasteiger partial charge on any atom is 0.193 e. The van der Waals surface area contributed by atoms with Gasteiger partial charge in [-0.25, -0.2) is 0 Å². The van der Waals surface area contributed by atoms with Crippen LogP contribution in [0.3, 0.4) is 0 Å². The van der Waals surface area contributed by atoms with Gasteiger partial charge in [-0.1, -0.05) is 6.92 Å². The number of hydrogen-bond acceptors (Lipinski definition) is 3. The molecule has 1 aromatic rings. The molecule has 0 saturated carbocycles. The van der Waals surface area contributed by atoms with Gasteiger partial charge in [0.15, 0.2) is 5.96 Å². The fourth-order valence-corrected chi connectivity index (χ4v) is 3.86. The smallest absolute Gasteiger partial charge is 0.193 e. The molecule has 2 aliphatic rings. The highest BCUT2D eigenvalue weighted by atomic mass is 127. The number of furan rings is 1. The maximum absolute atomic E-state index is 5.80. The van der Waals surface area contributed by atoms with Crippen molar-refractivity contribution < 1.29 is 9.15 Å². The number of nitrogens with one attached hydrogen (secondary N) is 1. The van der Waals surface area contributed by atoms with Crippen LogP contribution in [0.1, 0.15) is 44.8 Å². The van der Waals surface area contributed by atoms with E-state index in [9.17, 15) is 0 Å². The standard InChI is InChI=1S/C19H31N3O2.HI/c1-2-10-20-18(21-11-7-17-6-3-14-24-17)22-12-4-8-19(15-22)9-5-13-23-16-19;/h3,6,14H,2,4-5,7-13,15-16H2,1H3,(H,20,21);1H. The van der Waals surface area contributed by atoms with Crippen LogP contribution in [0.5, 0.6) is 0 Å². The first-order valence-corrected chi connectivity index (χ1v) is 9.45. The zero-order valence-electron chi connectivity index (χ0n) is 15.3. The summed E-state index contributed by atoms with van der Waals surface area (Å²) in [7, 11) is 0. The minimum atomic E-state index is 0. The molecule has 1 spiro atoms. The number of rotatable bonds is 5. The Morgan fingerprint density at radius 1 is 1.36 bits per heavy atom. The molecule has 0 aromatic carbocycles. The summed E-state index contributed by atoms with van der Waals surface area (Å²) >= 11 is 0. The summed E-state index contributed by atoms with van der Waals surface area (Å²) in [6.45, 7) is 7.92. The molecular weight excluding hydrogens is 429 g/mol. The molecule has 1 atom stereocenters. The van der Waals surface area contributed by atoms with Gasteiger partial charge in [0, 0.05) is 44.6 Å². The molecule has 3 heterocycles. The van der Waals surface area contributed by atoms with E-state index in [0.29, 0.717) is 5.41 Å². The fraction of sp³-hybridized carbons (Fsp3) is 0.737. The first-order chi connectivity index (χ1) is 11.8. The van der Waals surface area contributed by atoms with E-state index in [1.807, 2.05) is 12.1 Å². The Morgan fingerprint density at radius 2 is 2.24 bits per heavy atom. The van der Waals surface area contributed by atoms with Crippen LogP contribution in [0.25, 0.3) is 0 Å². The third-order valence-electron chi connectivity index (χ3n) is 5.08. The van der Waals surface area contributed by atoms with Crippen molar-refractivity contribution in [3.63, 3.8) is 0 Å². The van der Waals surface area contributed by atoms with E-state index in [1.165, 1.54) is 25.7 Å². The lowest BCUT2D eigenvalue weighted by Gasteiger charge is -2.45. The van der Waals surface area contributed by atoms with E-state index in [1.54, 1.807) is 6.26 Å². The van der Waals surface area contributed by atoms with Crippen molar-refractivity contribution in [2.75, 3.05) is 39.4 Å². The molecule has 1 aromatic heterocycles. The van der Waals surface area contributed by atoms with Crippen molar-refractivity contribution in [3.8, 4) is 0 Å². The van der Waals surface area contributed by atoms with Crippen LogP contribution in [0.15, 0.2) is 27.8 Å². The number of piperidine rings is 1. The molecule has 3 rings (SSSR count). The SMILES string of the molecule is CCCN=C(NCCc1ccco1)N1CCCC2(CCCOC2)C1.I. The van der Waals surface area contributed by atoms with Crippen molar-refractivity contribution in [3.05, 3.63) is 24.2 Å². The second-order valence-corrected chi connectivity index (χ2v) is 7.14. The number of hydrogen-bond donors (Lipinski definition) is 1. The Kier molecular flexibility index (Phi) is 8.55. The quantitative estimate of drug-likeness (QED) is 0.413. The number of nitrogens with zero attached hydrogens (tertiary/aromatic N) is 2. The minimum Gasteiger partial charge on any atom is -0.469 e. The van der Waals surface area contributed by atoms with Crippen LogP contribution in [0, 0.1) is 5.41 Å². The summed E-state index contributed by atoms with van der Waals surface area (Å²) < 4.78 is 11.2. The van der Waals surface area contributed by atoms with Gasteiger partial charge in [-0.15, -0.1) is 24.0 Å². The average molecular weight is 461 g/mol. The molecule has 2 aliphatic heterocycles. The van der Waals surface area contributed by atoms with Gasteiger partial charge in [-0.3, -0.25) is 4.99 Å². The van der Waals surface area contributed by atoms with Crippen molar-refractivity contribution >= 4 is 29.9 Å². The highest BCUT2D eigenvalue weighted by Crippen LogP contribution is 2.37. The average Bonchev–Trinajstić information content (AvgIpc) is 3.12. The first-order valence-electron chi connectivity index (χ1n) is 9.45. The number of halogens is 1. The van der Waals surface area contributed by atoms with E-state index in [4.69, 9.17) is 14.1 Å². The van der Waals surface area contributed by atoms with Crippen LogP contribution in [0.4, 0.5) is 0 Å². The number of guanidine groups is 1. The number of ether oxygens (including phenoxy) is 1. The molecule has 5 nitrogen and oxygen atoms in total. The van der Waals surface area contributed by atoms with E-state index in [0.717, 1.165) is 64.0 Å². The van der Waals surface area contributed by atoms with Gasteiger partial charge in [0.2, 0.25) is 0 Å². The van der Waals surface area contributed by atoms with Crippen molar-refractivity contribution in [1.29, 1.82) is 0 Å². The molecule has 0 radical (unpaired) electrons. The predicted octanol–water partition coefficient (Wildman–Crippen LogP) is 3.69. The predicted molar refractivity (Wildman–Crippen MR) is 112 cm³/mol. The number of aliphatic imine (C=N–C) groups is 1. The summed E-state index contributed by atoms with van der Waals surface area (Å²) in [5.41, 5.74) is 0.339. The fourth-order valence-electron chi connectivity index (χ4n) is 3.86. The van der Waals surface area contributed by atoms with Crippen molar-refractivity contribution in [2.24, 2.45) is 10.4 Å². The Balaban J connectivity index is 0.00000225. The number of likely N-dealkylation sites (tertiary alicyclic amines) is 1. The molecule has 1 unspecified atom stereocenters. The van der Waals surface area contributed by atoms with Gasteiger partial charge in [0.05, 0.1) is 12.9 Å². The van der Waals surface area contributed by atoms with Gasteiger partial charge < -0.3 is 19.4 Å². The Hall–Kier alpha value is -0.760. The lowest BCUT2D eigenvalue weighted by molar-refractivity contribution is -0.0370. The summed E-state index contributed by atoms with van der Waals surface area (Å²) in [6, 6.07) is 3.97. The van der Waals surface area contributed by atoms with E-state index in [2.05, 4.69) is 17.1 Å². The summed E-state index contributed by atoms with van der Waals surface area (Å²) in [5, 5.41) is 3.56. The Labute approximate surface area is 168 Å². The molecule has 2 fully saturated rings. The second-order valence-electron chi connectivity index (χ2n) is 7.14. The third-order valence-corrected chi connectivity index (χ3v) is 5.08. The summed E-state index contributed by atoms with van der Waals surface area (Å²) in [6.07, 6.45) is 8.70. The Bertz CT molecular complexity index is 507. The molecule has 142 valence electrons. The summed E-state index contributed by atoms with van der Waals surface area (Å²) in [5.74, 6) is 2.08. The van der Waals surface area contributed by atoms with Crippen LogP contribution in [0.2, 0.25) is 0 Å². The lowest BCUT2D eigenvalue weighted by Crippen LogP contribution is -2.53. The van der Waals surface area contributed by atoms with Gasteiger partial charge >= 0.3 is 0 Å². The largest absolute Gasteiger partial charge is 0.469 e. The van der Waals surface area contributed by atoms with Crippen LogP contribution < -0.4 is 5.32 Å². The highest BCUT2D eigenvalue weighted by molar-refractivity contribution is 14.0. The van der Waals surface area contributed by atoms with Crippen molar-refractivity contribution in [1.82, 2.24) is 10.2 Å². The summed E-state index contributed by atoms with van der Waals surface area (Å²) in [4.78, 5) is 7.28. The normalized spacial score (nSPS) is 24.2. The maximum atomic E-state index is 5.80. The monoisotopic (exact) mass is 461 g/mol. The molecule has 1 N–H and O–H groups in total. The molecule has 0 amide bonds. The zero-order valence-corrected chi connectivity index (χ0v) is 17.7. The zero-order chi connectivity index (χ0) is 16.7. The molecule has 0 aliphatic carbocycles. The van der Waals surface area contributed by atoms with Gasteiger partial charge in [0.1, 0.15) is 5.76 Å². The highest BCUT2D eigenvalue weighted by Gasteiger charge is 2.38. The minimum absolute atomic E-state index is 0. The van der Waals surface area contributed by atoms with E-state index in [-0.39, 0.29) is 24.0 Å². The van der Waals surface area contributed by atoms with E-state index < -0.39 is 0 Å². The topological polar surface area (TPSA) is 50.0 Å². The van der Waals surface area contributed by atoms with Crippen LogP contribution in [-0.4, -0.2) is 50.3 Å². The molecule has 0 bridgehead atoms. The van der Waals surface area contributed by atoms with Gasteiger partial charge in [0.25, 0.3) is 0 Å². The Morgan fingerprint density at radius 3 is 2.96 bits per heavy atom. The molecule has 2 saturated heterocycles. The van der Waals surface area contributed by atoms with Gasteiger partial charge in [-0.05, 0) is 44.2 Å². The molecular formula is C19H32IN3O2. The van der Waals surface area contributed by atoms with E-state index >= 15 is 0 Å². The van der Waals surface area contributed by atoms with Gasteiger partial charge in [-0.2, -0.15) is 0 Å². The van der Waals surface area contributed by atoms with Crippen molar-refractivity contribution in [2.45, 2.75) is 45.4 Å². The second kappa shape index (κ2) is 10.4. The van der Waals surface area contributed by atoms with Crippen LogP contribution >= 0.6 is 24.0 Å². The molecule has 6 heteroatoms. The third kappa shape index (κ3) is 5.88. The molecule has 25 heavy (non-hydrogen) atoms. The first kappa shape index (κ1) is 20.6.